The SMILES string of the molecule is CC(C)CC1CCCC(N(C)CC(=O)N2CCNCC2)C1. The number of carbonyl (C=O) groups is 1. The van der Waals surface area contributed by atoms with Crippen molar-refractivity contribution in [1.82, 2.24) is 15.1 Å². The van der Waals surface area contributed by atoms with Crippen LogP contribution in [0, 0.1) is 11.8 Å². The van der Waals surface area contributed by atoms with Crippen molar-refractivity contribution in [3.63, 3.8) is 0 Å². The molecule has 1 aliphatic carbocycles. The van der Waals surface area contributed by atoms with Crippen LogP contribution in [0.1, 0.15) is 46.0 Å². The number of carbonyl (C=O) groups excluding carboxylic acids is 1. The molecule has 2 unspecified atom stereocenters. The number of rotatable bonds is 5. The van der Waals surface area contributed by atoms with E-state index in [1.807, 2.05) is 4.90 Å². The second kappa shape index (κ2) is 8.14. The molecule has 0 spiro atoms. The van der Waals surface area contributed by atoms with E-state index in [1.54, 1.807) is 0 Å². The minimum Gasteiger partial charge on any atom is -0.339 e. The third-order valence-electron chi connectivity index (χ3n) is 5.04. The summed E-state index contributed by atoms with van der Waals surface area (Å²) in [6.07, 6.45) is 6.60. The molecule has 21 heavy (non-hydrogen) atoms. The molecule has 0 aromatic heterocycles. The quantitative estimate of drug-likeness (QED) is 0.842. The normalized spacial score (nSPS) is 27.4. The Morgan fingerprint density at radius 2 is 2.00 bits per heavy atom. The fourth-order valence-corrected chi connectivity index (χ4v) is 3.90. The lowest BCUT2D eigenvalue weighted by Crippen LogP contribution is -2.50. The standard InChI is InChI=1S/C17H33N3O/c1-14(2)11-15-5-4-6-16(12-15)19(3)13-17(21)20-9-7-18-8-10-20/h14-16,18H,4-13H2,1-3H3. The number of hydrogen-bond acceptors (Lipinski definition) is 3. The fourth-order valence-electron chi connectivity index (χ4n) is 3.90. The van der Waals surface area contributed by atoms with E-state index in [1.165, 1.54) is 32.1 Å². The van der Waals surface area contributed by atoms with Crippen LogP contribution in [0.25, 0.3) is 0 Å². The highest BCUT2D eigenvalue weighted by Crippen LogP contribution is 2.31. The van der Waals surface area contributed by atoms with E-state index in [9.17, 15) is 4.79 Å². The van der Waals surface area contributed by atoms with E-state index in [0.717, 1.165) is 38.0 Å². The van der Waals surface area contributed by atoms with Crippen molar-refractivity contribution >= 4 is 5.91 Å². The summed E-state index contributed by atoms with van der Waals surface area (Å²) in [5, 5.41) is 3.30. The molecule has 1 saturated carbocycles. The molecule has 122 valence electrons. The molecular formula is C17H33N3O. The van der Waals surface area contributed by atoms with Crippen LogP contribution in [0.3, 0.4) is 0 Å². The highest BCUT2D eigenvalue weighted by Gasteiger charge is 2.27. The second-order valence-electron chi connectivity index (χ2n) is 7.36. The van der Waals surface area contributed by atoms with Crippen LogP contribution >= 0.6 is 0 Å². The van der Waals surface area contributed by atoms with Gasteiger partial charge in [-0.3, -0.25) is 9.69 Å². The summed E-state index contributed by atoms with van der Waals surface area (Å²) in [4.78, 5) is 16.7. The molecule has 2 rings (SSSR count). The lowest BCUT2D eigenvalue weighted by Gasteiger charge is -2.37. The minimum absolute atomic E-state index is 0.310. The van der Waals surface area contributed by atoms with E-state index in [0.29, 0.717) is 18.5 Å². The third kappa shape index (κ3) is 5.26. The summed E-state index contributed by atoms with van der Waals surface area (Å²) in [5.41, 5.74) is 0. The van der Waals surface area contributed by atoms with Gasteiger partial charge in [0.1, 0.15) is 0 Å². The first-order valence-corrected chi connectivity index (χ1v) is 8.75. The van der Waals surface area contributed by atoms with Crippen molar-refractivity contribution < 1.29 is 4.79 Å². The van der Waals surface area contributed by atoms with Crippen LogP contribution < -0.4 is 5.32 Å². The number of likely N-dealkylation sites (N-methyl/N-ethyl adjacent to an activating group) is 1. The van der Waals surface area contributed by atoms with Crippen LogP contribution in [0.4, 0.5) is 0 Å². The van der Waals surface area contributed by atoms with Gasteiger partial charge in [-0.15, -0.1) is 0 Å². The lowest BCUT2D eigenvalue weighted by molar-refractivity contribution is -0.133. The van der Waals surface area contributed by atoms with Crippen LogP contribution in [0.2, 0.25) is 0 Å². The van der Waals surface area contributed by atoms with Gasteiger partial charge in [-0.1, -0.05) is 26.7 Å². The maximum atomic E-state index is 12.4. The third-order valence-corrected chi connectivity index (χ3v) is 5.04. The monoisotopic (exact) mass is 295 g/mol. The molecule has 4 heteroatoms. The van der Waals surface area contributed by atoms with Crippen molar-refractivity contribution in [2.45, 2.75) is 52.0 Å². The zero-order valence-corrected chi connectivity index (χ0v) is 14.1. The minimum atomic E-state index is 0.310. The van der Waals surface area contributed by atoms with Gasteiger partial charge in [0, 0.05) is 32.2 Å². The number of hydrogen-bond donors (Lipinski definition) is 1. The van der Waals surface area contributed by atoms with Gasteiger partial charge in [-0.05, 0) is 38.1 Å². The molecule has 0 bridgehead atoms. The molecule has 0 aromatic rings. The van der Waals surface area contributed by atoms with Crippen LogP contribution in [-0.2, 0) is 4.79 Å². The Hall–Kier alpha value is -0.610. The van der Waals surface area contributed by atoms with E-state index < -0.39 is 0 Å². The second-order valence-corrected chi connectivity index (χ2v) is 7.36. The largest absolute Gasteiger partial charge is 0.339 e. The Bertz CT molecular complexity index is 326. The van der Waals surface area contributed by atoms with E-state index in [-0.39, 0.29) is 0 Å². The Labute approximate surface area is 130 Å². The fraction of sp³-hybridized carbons (Fsp3) is 0.941. The summed E-state index contributed by atoms with van der Waals surface area (Å²) in [7, 11) is 2.14. The molecule has 2 fully saturated rings. The van der Waals surface area contributed by atoms with Crippen molar-refractivity contribution in [1.29, 1.82) is 0 Å². The Morgan fingerprint density at radius 1 is 1.29 bits per heavy atom. The Morgan fingerprint density at radius 3 is 2.67 bits per heavy atom. The molecule has 0 aromatic carbocycles. The maximum absolute atomic E-state index is 12.4. The highest BCUT2D eigenvalue weighted by atomic mass is 16.2. The van der Waals surface area contributed by atoms with E-state index in [4.69, 9.17) is 0 Å². The predicted molar refractivity (Wildman–Crippen MR) is 87.3 cm³/mol. The van der Waals surface area contributed by atoms with Crippen LogP contribution in [-0.4, -0.2) is 61.5 Å². The molecule has 4 nitrogen and oxygen atoms in total. The number of nitrogens with one attached hydrogen (secondary N) is 1. The molecule has 2 atom stereocenters. The average Bonchev–Trinajstić information content (AvgIpc) is 2.47. The topological polar surface area (TPSA) is 35.6 Å². The number of amides is 1. The lowest BCUT2D eigenvalue weighted by atomic mass is 9.80. The smallest absolute Gasteiger partial charge is 0.236 e. The summed E-state index contributed by atoms with van der Waals surface area (Å²) in [5.74, 6) is 1.96. The van der Waals surface area contributed by atoms with E-state index >= 15 is 0 Å². The molecule has 1 saturated heterocycles. The predicted octanol–water partition coefficient (Wildman–Crippen LogP) is 1.95. The van der Waals surface area contributed by atoms with Gasteiger partial charge in [-0.2, -0.15) is 0 Å². The number of nitrogens with zero attached hydrogens (tertiary/aromatic N) is 2. The van der Waals surface area contributed by atoms with Gasteiger partial charge in [-0.25, -0.2) is 0 Å². The molecule has 1 N–H and O–H groups in total. The zero-order chi connectivity index (χ0) is 15.2. The van der Waals surface area contributed by atoms with Crippen molar-refractivity contribution in [2.75, 3.05) is 39.8 Å². The Kier molecular flexibility index (Phi) is 6.49. The maximum Gasteiger partial charge on any atom is 0.236 e. The van der Waals surface area contributed by atoms with Crippen LogP contribution in [0.5, 0.6) is 0 Å². The summed E-state index contributed by atoms with van der Waals surface area (Å²) in [6.45, 7) is 8.85. The molecule has 2 aliphatic rings. The van der Waals surface area contributed by atoms with Gasteiger partial charge in [0.15, 0.2) is 0 Å². The summed E-state index contributed by atoms with van der Waals surface area (Å²) >= 11 is 0. The summed E-state index contributed by atoms with van der Waals surface area (Å²) in [6, 6.07) is 0.606. The van der Waals surface area contributed by atoms with Gasteiger partial charge < -0.3 is 10.2 Å². The molecule has 1 heterocycles. The van der Waals surface area contributed by atoms with Crippen molar-refractivity contribution in [2.24, 2.45) is 11.8 Å². The highest BCUT2D eigenvalue weighted by molar-refractivity contribution is 5.78. The van der Waals surface area contributed by atoms with Gasteiger partial charge in [0.25, 0.3) is 0 Å². The van der Waals surface area contributed by atoms with Crippen LogP contribution in [0.15, 0.2) is 0 Å². The van der Waals surface area contributed by atoms with E-state index in [2.05, 4.69) is 31.1 Å². The first kappa shape index (κ1) is 16.8. The Balaban J connectivity index is 1.78. The van der Waals surface area contributed by atoms with Gasteiger partial charge >= 0.3 is 0 Å². The molecular weight excluding hydrogens is 262 g/mol. The average molecular weight is 295 g/mol. The summed E-state index contributed by atoms with van der Waals surface area (Å²) < 4.78 is 0. The first-order chi connectivity index (χ1) is 10.1. The zero-order valence-electron chi connectivity index (χ0n) is 14.1. The molecule has 1 amide bonds. The first-order valence-electron chi connectivity index (χ1n) is 8.75. The van der Waals surface area contributed by atoms with Gasteiger partial charge in [0.2, 0.25) is 5.91 Å². The van der Waals surface area contributed by atoms with Gasteiger partial charge in [0.05, 0.1) is 6.54 Å². The number of piperazine rings is 1. The molecule has 0 radical (unpaired) electrons. The van der Waals surface area contributed by atoms with Crippen molar-refractivity contribution in [3.8, 4) is 0 Å². The van der Waals surface area contributed by atoms with Crippen molar-refractivity contribution in [3.05, 3.63) is 0 Å². The molecule has 1 aliphatic heterocycles.